The highest BCUT2D eigenvalue weighted by atomic mass is 16.5. The van der Waals surface area contributed by atoms with Crippen molar-refractivity contribution in [2.75, 3.05) is 6.61 Å². The van der Waals surface area contributed by atoms with Gasteiger partial charge in [-0.05, 0) is 36.0 Å². The summed E-state index contributed by atoms with van der Waals surface area (Å²) in [4.78, 5) is 0. The van der Waals surface area contributed by atoms with Crippen LogP contribution >= 0.6 is 0 Å². The average molecular weight is 189 g/mol. The third-order valence-corrected chi connectivity index (χ3v) is 3.23. The molecule has 0 saturated heterocycles. The second-order valence-corrected chi connectivity index (χ2v) is 4.40. The van der Waals surface area contributed by atoms with Crippen molar-refractivity contribution in [3.63, 3.8) is 0 Å². The molecule has 0 unspecified atom stereocenters. The van der Waals surface area contributed by atoms with Crippen LogP contribution in [0.2, 0.25) is 0 Å². The van der Waals surface area contributed by atoms with Gasteiger partial charge in [0.15, 0.2) is 0 Å². The Morgan fingerprint density at radius 1 is 1.43 bits per heavy atom. The predicted octanol–water partition coefficient (Wildman–Crippen LogP) is 1.51. The fourth-order valence-corrected chi connectivity index (χ4v) is 2.18. The Kier molecular flexibility index (Phi) is 1.77. The zero-order valence-corrected chi connectivity index (χ0v) is 8.20. The van der Waals surface area contributed by atoms with Gasteiger partial charge in [-0.15, -0.1) is 0 Å². The van der Waals surface area contributed by atoms with E-state index in [0.29, 0.717) is 6.04 Å². The maximum absolute atomic E-state index is 5.80. The van der Waals surface area contributed by atoms with Crippen LogP contribution in [0.1, 0.15) is 17.5 Å². The van der Waals surface area contributed by atoms with Crippen molar-refractivity contribution in [2.24, 2.45) is 11.7 Å². The molecule has 2 nitrogen and oxygen atoms in total. The van der Waals surface area contributed by atoms with E-state index in [9.17, 15) is 0 Å². The monoisotopic (exact) mass is 189 g/mol. The first-order chi connectivity index (χ1) is 6.83. The second kappa shape index (κ2) is 2.99. The zero-order chi connectivity index (χ0) is 9.54. The van der Waals surface area contributed by atoms with E-state index in [1.54, 1.807) is 0 Å². The highest BCUT2D eigenvalue weighted by Crippen LogP contribution is 2.33. The molecule has 1 aromatic carbocycles. The maximum atomic E-state index is 5.80. The first kappa shape index (κ1) is 8.30. The minimum atomic E-state index is 0.458. The topological polar surface area (TPSA) is 35.2 Å². The predicted molar refractivity (Wildman–Crippen MR) is 55.4 cm³/mol. The molecule has 0 bridgehead atoms. The van der Waals surface area contributed by atoms with Crippen LogP contribution in [0.15, 0.2) is 18.2 Å². The highest BCUT2D eigenvalue weighted by Gasteiger charge is 2.33. The molecule has 0 radical (unpaired) electrons. The molecule has 1 heterocycles. The van der Waals surface area contributed by atoms with Crippen molar-refractivity contribution in [3.05, 3.63) is 29.3 Å². The Balaban J connectivity index is 1.79. The van der Waals surface area contributed by atoms with E-state index in [1.807, 2.05) is 0 Å². The lowest BCUT2D eigenvalue weighted by molar-refractivity contribution is 0.357. The van der Waals surface area contributed by atoms with E-state index in [0.717, 1.165) is 31.1 Å². The van der Waals surface area contributed by atoms with Crippen molar-refractivity contribution in [3.8, 4) is 5.75 Å². The number of benzene rings is 1. The Hall–Kier alpha value is -1.02. The van der Waals surface area contributed by atoms with E-state index in [1.165, 1.54) is 17.5 Å². The SMILES string of the molecule is N[C@@H]1C[C@H]1Cc1ccc2c(c1)CCO2. The Morgan fingerprint density at radius 2 is 2.29 bits per heavy atom. The van der Waals surface area contributed by atoms with Crippen molar-refractivity contribution >= 4 is 0 Å². The molecule has 1 aliphatic heterocycles. The molecule has 2 heteroatoms. The molecular formula is C12H15NO. The molecule has 3 rings (SSSR count). The van der Waals surface area contributed by atoms with Crippen LogP contribution in [-0.4, -0.2) is 12.6 Å². The van der Waals surface area contributed by atoms with Crippen LogP contribution < -0.4 is 10.5 Å². The molecule has 2 atom stereocenters. The van der Waals surface area contributed by atoms with E-state index in [2.05, 4.69) is 18.2 Å². The van der Waals surface area contributed by atoms with Crippen molar-refractivity contribution in [1.29, 1.82) is 0 Å². The van der Waals surface area contributed by atoms with Gasteiger partial charge in [0.25, 0.3) is 0 Å². The van der Waals surface area contributed by atoms with Crippen LogP contribution in [0, 0.1) is 5.92 Å². The molecule has 1 aromatic rings. The highest BCUT2D eigenvalue weighted by molar-refractivity contribution is 5.40. The average Bonchev–Trinajstić information content (AvgIpc) is 2.70. The Morgan fingerprint density at radius 3 is 3.07 bits per heavy atom. The summed E-state index contributed by atoms with van der Waals surface area (Å²) < 4.78 is 5.47. The summed E-state index contributed by atoms with van der Waals surface area (Å²) in [6.07, 6.45) is 3.42. The van der Waals surface area contributed by atoms with Gasteiger partial charge in [0.1, 0.15) is 5.75 Å². The van der Waals surface area contributed by atoms with Crippen molar-refractivity contribution in [1.82, 2.24) is 0 Å². The van der Waals surface area contributed by atoms with Crippen molar-refractivity contribution < 1.29 is 4.74 Å². The fourth-order valence-electron chi connectivity index (χ4n) is 2.18. The first-order valence-corrected chi connectivity index (χ1v) is 5.33. The quantitative estimate of drug-likeness (QED) is 0.765. The van der Waals surface area contributed by atoms with Gasteiger partial charge >= 0.3 is 0 Å². The fraction of sp³-hybridized carbons (Fsp3) is 0.500. The van der Waals surface area contributed by atoms with Gasteiger partial charge in [-0.1, -0.05) is 12.1 Å². The summed E-state index contributed by atoms with van der Waals surface area (Å²) in [5.41, 5.74) is 8.60. The first-order valence-electron chi connectivity index (χ1n) is 5.33. The van der Waals surface area contributed by atoms with Gasteiger partial charge < -0.3 is 10.5 Å². The van der Waals surface area contributed by atoms with Crippen LogP contribution in [0.5, 0.6) is 5.75 Å². The van der Waals surface area contributed by atoms with E-state index >= 15 is 0 Å². The van der Waals surface area contributed by atoms with Gasteiger partial charge in [-0.25, -0.2) is 0 Å². The van der Waals surface area contributed by atoms with Crippen LogP contribution in [-0.2, 0) is 12.8 Å². The number of hydrogen-bond acceptors (Lipinski definition) is 2. The summed E-state index contributed by atoms with van der Waals surface area (Å²) in [5, 5.41) is 0. The van der Waals surface area contributed by atoms with Crippen LogP contribution in [0.4, 0.5) is 0 Å². The molecule has 0 aromatic heterocycles. The Labute approximate surface area is 84.1 Å². The van der Waals surface area contributed by atoms with Gasteiger partial charge in [0, 0.05) is 12.5 Å². The van der Waals surface area contributed by atoms with Crippen LogP contribution in [0.25, 0.3) is 0 Å². The molecule has 14 heavy (non-hydrogen) atoms. The normalized spacial score (nSPS) is 28.4. The lowest BCUT2D eigenvalue weighted by atomic mass is 10.0. The van der Waals surface area contributed by atoms with Gasteiger partial charge in [0.2, 0.25) is 0 Å². The van der Waals surface area contributed by atoms with E-state index in [4.69, 9.17) is 10.5 Å². The lowest BCUT2D eigenvalue weighted by Crippen LogP contribution is -2.03. The number of ether oxygens (including phenoxy) is 1. The summed E-state index contributed by atoms with van der Waals surface area (Å²) >= 11 is 0. The largest absolute Gasteiger partial charge is 0.493 e. The number of hydrogen-bond donors (Lipinski definition) is 1. The second-order valence-electron chi connectivity index (χ2n) is 4.40. The molecule has 1 fully saturated rings. The zero-order valence-electron chi connectivity index (χ0n) is 8.20. The summed E-state index contributed by atoms with van der Waals surface area (Å²) in [6, 6.07) is 7.02. The molecule has 0 amide bonds. The standard InChI is InChI=1S/C12H15NO/c13-11-7-10(11)6-8-1-2-12-9(5-8)3-4-14-12/h1-2,5,10-11H,3-4,6-7,13H2/t10-,11-/m1/s1. The Bertz CT molecular complexity index is 361. The smallest absolute Gasteiger partial charge is 0.122 e. The molecule has 1 aliphatic carbocycles. The van der Waals surface area contributed by atoms with E-state index < -0.39 is 0 Å². The molecule has 0 spiro atoms. The van der Waals surface area contributed by atoms with Gasteiger partial charge in [-0.2, -0.15) is 0 Å². The summed E-state index contributed by atoms with van der Waals surface area (Å²) in [6.45, 7) is 0.849. The third-order valence-electron chi connectivity index (χ3n) is 3.23. The molecular weight excluding hydrogens is 174 g/mol. The van der Waals surface area contributed by atoms with E-state index in [-0.39, 0.29) is 0 Å². The summed E-state index contributed by atoms with van der Waals surface area (Å²) in [5.74, 6) is 1.81. The number of fused-ring (bicyclic) bond motifs is 1. The minimum Gasteiger partial charge on any atom is -0.493 e. The third kappa shape index (κ3) is 1.40. The van der Waals surface area contributed by atoms with Crippen LogP contribution in [0.3, 0.4) is 0 Å². The molecule has 1 saturated carbocycles. The summed E-state index contributed by atoms with van der Waals surface area (Å²) in [7, 11) is 0. The lowest BCUT2D eigenvalue weighted by Gasteiger charge is -2.03. The number of rotatable bonds is 2. The van der Waals surface area contributed by atoms with Crippen molar-refractivity contribution in [2.45, 2.75) is 25.3 Å². The molecule has 2 N–H and O–H groups in total. The minimum absolute atomic E-state index is 0.458. The molecule has 74 valence electrons. The number of nitrogens with two attached hydrogens (primary N) is 1. The molecule has 2 aliphatic rings. The maximum Gasteiger partial charge on any atom is 0.122 e. The van der Waals surface area contributed by atoms with Gasteiger partial charge in [-0.3, -0.25) is 0 Å². The van der Waals surface area contributed by atoms with Gasteiger partial charge in [0.05, 0.1) is 6.61 Å².